The van der Waals surface area contributed by atoms with Crippen LogP contribution in [0, 0.1) is 13.8 Å². The molecule has 19 heavy (non-hydrogen) atoms. The third-order valence-corrected chi connectivity index (χ3v) is 3.43. The molecule has 4 nitrogen and oxygen atoms in total. The van der Waals surface area contributed by atoms with Gasteiger partial charge in [0, 0.05) is 18.8 Å². The Morgan fingerprint density at radius 3 is 2.53 bits per heavy atom. The lowest BCUT2D eigenvalue weighted by molar-refractivity contribution is -0.133. The van der Waals surface area contributed by atoms with Gasteiger partial charge in [0.1, 0.15) is 6.42 Å². The van der Waals surface area contributed by atoms with E-state index in [-0.39, 0.29) is 18.2 Å². The van der Waals surface area contributed by atoms with Gasteiger partial charge in [0.15, 0.2) is 0 Å². The molecule has 0 aromatic heterocycles. The van der Waals surface area contributed by atoms with Crippen LogP contribution in [0.1, 0.15) is 30.4 Å². The van der Waals surface area contributed by atoms with E-state index in [9.17, 15) is 9.59 Å². The Kier molecular flexibility index (Phi) is 4.20. The predicted octanol–water partition coefficient (Wildman–Crippen LogP) is 2.25. The molecule has 0 saturated carbocycles. The number of anilines is 1. The van der Waals surface area contributed by atoms with Crippen molar-refractivity contribution >= 4 is 17.5 Å². The first-order valence-electron chi connectivity index (χ1n) is 6.71. The second kappa shape index (κ2) is 5.87. The Labute approximate surface area is 113 Å². The lowest BCUT2D eigenvalue weighted by Crippen LogP contribution is -2.31. The average molecular weight is 260 g/mol. The average Bonchev–Trinajstić information content (AvgIpc) is 2.86. The van der Waals surface area contributed by atoms with E-state index in [1.54, 1.807) is 4.90 Å². The molecular formula is C15H20N2O2. The predicted molar refractivity (Wildman–Crippen MR) is 75.0 cm³/mol. The van der Waals surface area contributed by atoms with E-state index >= 15 is 0 Å². The zero-order chi connectivity index (χ0) is 13.8. The van der Waals surface area contributed by atoms with Crippen molar-refractivity contribution in [1.82, 2.24) is 4.90 Å². The summed E-state index contributed by atoms with van der Waals surface area (Å²) in [4.78, 5) is 25.5. The van der Waals surface area contributed by atoms with Crippen LogP contribution in [0.3, 0.4) is 0 Å². The van der Waals surface area contributed by atoms with Gasteiger partial charge in [-0.1, -0.05) is 17.7 Å². The van der Waals surface area contributed by atoms with Crippen molar-refractivity contribution in [2.45, 2.75) is 33.1 Å². The first-order valence-corrected chi connectivity index (χ1v) is 6.71. The van der Waals surface area contributed by atoms with E-state index in [0.29, 0.717) is 0 Å². The quantitative estimate of drug-likeness (QED) is 0.847. The van der Waals surface area contributed by atoms with Crippen LogP contribution >= 0.6 is 0 Å². The summed E-state index contributed by atoms with van der Waals surface area (Å²) < 4.78 is 0. The molecule has 1 N–H and O–H groups in total. The van der Waals surface area contributed by atoms with Gasteiger partial charge in [-0.3, -0.25) is 9.59 Å². The minimum atomic E-state index is -0.233. The normalized spacial score (nSPS) is 14.5. The van der Waals surface area contributed by atoms with Crippen LogP contribution in [-0.2, 0) is 9.59 Å². The smallest absolute Gasteiger partial charge is 0.233 e. The lowest BCUT2D eigenvalue weighted by atomic mass is 10.1. The van der Waals surface area contributed by atoms with Crippen LogP contribution in [-0.4, -0.2) is 29.8 Å². The maximum absolute atomic E-state index is 11.9. The number of nitrogens with zero attached hydrogens (tertiary/aromatic N) is 1. The fraction of sp³-hybridized carbons (Fsp3) is 0.467. The number of benzene rings is 1. The first kappa shape index (κ1) is 13.6. The summed E-state index contributed by atoms with van der Waals surface area (Å²) in [7, 11) is 0. The molecule has 1 aromatic rings. The molecule has 1 fully saturated rings. The zero-order valence-corrected chi connectivity index (χ0v) is 11.5. The lowest BCUT2D eigenvalue weighted by Gasteiger charge is -2.15. The number of aryl methyl sites for hydroxylation is 2. The summed E-state index contributed by atoms with van der Waals surface area (Å²) in [5, 5.41) is 2.81. The second-order valence-electron chi connectivity index (χ2n) is 5.13. The highest BCUT2D eigenvalue weighted by atomic mass is 16.2. The summed E-state index contributed by atoms with van der Waals surface area (Å²) in [6.45, 7) is 5.53. The van der Waals surface area contributed by atoms with E-state index in [4.69, 9.17) is 0 Å². The van der Waals surface area contributed by atoms with E-state index in [1.807, 2.05) is 32.0 Å². The molecule has 1 aromatic carbocycles. The molecule has 4 heteroatoms. The van der Waals surface area contributed by atoms with E-state index < -0.39 is 0 Å². The van der Waals surface area contributed by atoms with Crippen LogP contribution in [0.4, 0.5) is 5.69 Å². The SMILES string of the molecule is Cc1ccc(NC(=O)CC(=O)N2CCCC2)c(C)c1. The number of nitrogens with one attached hydrogen (secondary N) is 1. The molecule has 2 rings (SSSR count). The van der Waals surface area contributed by atoms with Gasteiger partial charge in [0.05, 0.1) is 0 Å². The van der Waals surface area contributed by atoms with Crippen LogP contribution in [0.25, 0.3) is 0 Å². The van der Waals surface area contributed by atoms with Gasteiger partial charge < -0.3 is 10.2 Å². The van der Waals surface area contributed by atoms with Crippen molar-refractivity contribution < 1.29 is 9.59 Å². The van der Waals surface area contributed by atoms with Gasteiger partial charge in [-0.2, -0.15) is 0 Å². The van der Waals surface area contributed by atoms with Crippen molar-refractivity contribution in [2.24, 2.45) is 0 Å². The van der Waals surface area contributed by atoms with Crippen molar-refractivity contribution in [2.75, 3.05) is 18.4 Å². The fourth-order valence-corrected chi connectivity index (χ4v) is 2.36. The summed E-state index contributed by atoms with van der Waals surface area (Å²) in [5.41, 5.74) is 2.95. The van der Waals surface area contributed by atoms with Gasteiger partial charge in [-0.25, -0.2) is 0 Å². The van der Waals surface area contributed by atoms with E-state index in [0.717, 1.165) is 42.7 Å². The highest BCUT2D eigenvalue weighted by Gasteiger charge is 2.20. The van der Waals surface area contributed by atoms with E-state index in [2.05, 4.69) is 5.32 Å². The van der Waals surface area contributed by atoms with Crippen molar-refractivity contribution in [3.05, 3.63) is 29.3 Å². The molecule has 0 aliphatic carbocycles. The van der Waals surface area contributed by atoms with Gasteiger partial charge in [0.25, 0.3) is 0 Å². The fourth-order valence-electron chi connectivity index (χ4n) is 2.36. The summed E-state index contributed by atoms with van der Waals surface area (Å²) >= 11 is 0. The zero-order valence-electron chi connectivity index (χ0n) is 11.5. The number of carbonyl (C=O) groups excluding carboxylic acids is 2. The summed E-state index contributed by atoms with van der Waals surface area (Å²) in [6, 6.07) is 5.84. The Hall–Kier alpha value is -1.84. The maximum Gasteiger partial charge on any atom is 0.233 e. The van der Waals surface area contributed by atoms with Gasteiger partial charge in [-0.15, -0.1) is 0 Å². The number of hydrogen-bond acceptors (Lipinski definition) is 2. The van der Waals surface area contributed by atoms with Gasteiger partial charge in [-0.05, 0) is 38.3 Å². The summed E-state index contributed by atoms with van der Waals surface area (Å²) in [5.74, 6) is -0.302. The standard InChI is InChI=1S/C15H20N2O2/c1-11-5-6-13(12(2)9-11)16-14(18)10-15(19)17-7-3-4-8-17/h5-6,9H,3-4,7-8,10H2,1-2H3,(H,16,18). The van der Waals surface area contributed by atoms with Gasteiger partial charge in [0.2, 0.25) is 11.8 Å². The van der Waals surface area contributed by atoms with Crippen molar-refractivity contribution in [3.8, 4) is 0 Å². The minimum absolute atomic E-state index is 0.0622. The molecule has 0 atom stereocenters. The van der Waals surface area contributed by atoms with Gasteiger partial charge >= 0.3 is 0 Å². The maximum atomic E-state index is 11.9. The first-order chi connectivity index (χ1) is 9.06. The summed E-state index contributed by atoms with van der Waals surface area (Å²) in [6.07, 6.45) is 2.03. The third kappa shape index (κ3) is 3.56. The number of rotatable bonds is 3. The largest absolute Gasteiger partial charge is 0.342 e. The highest BCUT2D eigenvalue weighted by molar-refractivity contribution is 6.03. The minimum Gasteiger partial charge on any atom is -0.342 e. The molecule has 1 saturated heterocycles. The molecule has 0 bridgehead atoms. The molecule has 102 valence electrons. The Morgan fingerprint density at radius 2 is 1.89 bits per heavy atom. The van der Waals surface area contributed by atoms with Crippen LogP contribution < -0.4 is 5.32 Å². The monoisotopic (exact) mass is 260 g/mol. The molecule has 1 heterocycles. The van der Waals surface area contributed by atoms with Crippen LogP contribution in [0.5, 0.6) is 0 Å². The molecule has 0 radical (unpaired) electrons. The van der Waals surface area contributed by atoms with Crippen LogP contribution in [0.15, 0.2) is 18.2 Å². The molecular weight excluding hydrogens is 240 g/mol. The Bertz CT molecular complexity index is 491. The number of amides is 2. The van der Waals surface area contributed by atoms with Crippen molar-refractivity contribution in [1.29, 1.82) is 0 Å². The Balaban J connectivity index is 1.91. The molecule has 0 unspecified atom stereocenters. The Morgan fingerprint density at radius 1 is 1.21 bits per heavy atom. The molecule has 2 amide bonds. The molecule has 0 spiro atoms. The third-order valence-electron chi connectivity index (χ3n) is 3.43. The number of likely N-dealkylation sites (tertiary alicyclic amines) is 1. The molecule has 1 aliphatic rings. The number of carbonyl (C=O) groups is 2. The topological polar surface area (TPSA) is 49.4 Å². The highest BCUT2D eigenvalue weighted by Crippen LogP contribution is 2.16. The second-order valence-corrected chi connectivity index (χ2v) is 5.13. The van der Waals surface area contributed by atoms with E-state index in [1.165, 1.54) is 0 Å². The number of hydrogen-bond donors (Lipinski definition) is 1. The van der Waals surface area contributed by atoms with Crippen molar-refractivity contribution in [3.63, 3.8) is 0 Å². The molecule has 1 aliphatic heterocycles. The van der Waals surface area contributed by atoms with Crippen LogP contribution in [0.2, 0.25) is 0 Å².